The van der Waals surface area contributed by atoms with Crippen LogP contribution >= 0.6 is 0 Å². The quantitative estimate of drug-likeness (QED) is 0.794. The van der Waals surface area contributed by atoms with Gasteiger partial charge in [-0.15, -0.1) is 0 Å². The predicted octanol–water partition coefficient (Wildman–Crippen LogP) is 1.74. The molecular weight excluding hydrogens is 209 g/mol. The van der Waals surface area contributed by atoms with Crippen molar-refractivity contribution in [3.05, 3.63) is 35.1 Å². The first-order valence-corrected chi connectivity index (χ1v) is 5.12. The van der Waals surface area contributed by atoms with Gasteiger partial charge < -0.3 is 10.5 Å². The molecule has 0 bridgehead atoms. The molecule has 0 spiro atoms. The molecular formula is C12H16FNO2. The molecule has 2 N–H and O–H groups in total. The molecule has 1 atom stereocenters. The zero-order valence-corrected chi connectivity index (χ0v) is 9.50. The van der Waals surface area contributed by atoms with Crippen LogP contribution < -0.4 is 5.73 Å². The van der Waals surface area contributed by atoms with E-state index in [2.05, 4.69) is 4.74 Å². The second-order valence-electron chi connectivity index (χ2n) is 3.69. The standard InChI is InChI=1S/C12H16FNO2/c1-8-4-3-5-10(12(8)13)9(7-14)6-11(15)16-2/h3-5,9H,6-7,14H2,1-2H3. The molecule has 1 aromatic rings. The van der Waals surface area contributed by atoms with E-state index in [1.165, 1.54) is 7.11 Å². The topological polar surface area (TPSA) is 52.3 Å². The van der Waals surface area contributed by atoms with Crippen LogP contribution in [0.25, 0.3) is 0 Å². The molecule has 16 heavy (non-hydrogen) atoms. The number of aryl methyl sites for hydroxylation is 1. The molecule has 0 radical (unpaired) electrons. The van der Waals surface area contributed by atoms with Crippen LogP contribution in [0, 0.1) is 12.7 Å². The summed E-state index contributed by atoms with van der Waals surface area (Å²) in [5, 5.41) is 0. The van der Waals surface area contributed by atoms with E-state index >= 15 is 0 Å². The summed E-state index contributed by atoms with van der Waals surface area (Å²) >= 11 is 0. The molecule has 1 rings (SSSR count). The number of rotatable bonds is 4. The fourth-order valence-electron chi connectivity index (χ4n) is 1.59. The number of hydrogen-bond donors (Lipinski definition) is 1. The van der Waals surface area contributed by atoms with E-state index in [4.69, 9.17) is 5.73 Å². The largest absolute Gasteiger partial charge is 0.469 e. The van der Waals surface area contributed by atoms with Gasteiger partial charge in [0.2, 0.25) is 0 Å². The first kappa shape index (κ1) is 12.6. The van der Waals surface area contributed by atoms with E-state index in [0.29, 0.717) is 11.1 Å². The van der Waals surface area contributed by atoms with Crippen LogP contribution in [0.4, 0.5) is 4.39 Å². The van der Waals surface area contributed by atoms with Gasteiger partial charge in [0.15, 0.2) is 0 Å². The van der Waals surface area contributed by atoms with Crippen molar-refractivity contribution in [2.75, 3.05) is 13.7 Å². The third kappa shape index (κ3) is 2.79. The van der Waals surface area contributed by atoms with Crippen molar-refractivity contribution < 1.29 is 13.9 Å². The molecule has 1 unspecified atom stereocenters. The molecule has 0 aromatic heterocycles. The van der Waals surface area contributed by atoms with Crippen LogP contribution in [0.5, 0.6) is 0 Å². The monoisotopic (exact) mass is 225 g/mol. The van der Waals surface area contributed by atoms with Crippen molar-refractivity contribution in [3.8, 4) is 0 Å². The number of benzene rings is 1. The number of hydrogen-bond acceptors (Lipinski definition) is 3. The van der Waals surface area contributed by atoms with E-state index in [9.17, 15) is 9.18 Å². The fourth-order valence-corrected chi connectivity index (χ4v) is 1.59. The number of carbonyl (C=O) groups excluding carboxylic acids is 1. The minimum absolute atomic E-state index is 0.105. The van der Waals surface area contributed by atoms with Gasteiger partial charge in [-0.25, -0.2) is 4.39 Å². The van der Waals surface area contributed by atoms with Crippen molar-refractivity contribution in [2.45, 2.75) is 19.3 Å². The highest BCUT2D eigenvalue weighted by Crippen LogP contribution is 2.23. The van der Waals surface area contributed by atoms with Gasteiger partial charge in [0.25, 0.3) is 0 Å². The van der Waals surface area contributed by atoms with Gasteiger partial charge >= 0.3 is 5.97 Å². The summed E-state index contributed by atoms with van der Waals surface area (Å²) in [6.45, 7) is 1.90. The molecule has 0 saturated carbocycles. The van der Waals surface area contributed by atoms with Gasteiger partial charge in [0.05, 0.1) is 13.5 Å². The highest BCUT2D eigenvalue weighted by molar-refractivity contribution is 5.70. The van der Waals surface area contributed by atoms with Crippen molar-refractivity contribution in [1.82, 2.24) is 0 Å². The third-order valence-corrected chi connectivity index (χ3v) is 2.59. The fraction of sp³-hybridized carbons (Fsp3) is 0.417. The van der Waals surface area contributed by atoms with Crippen molar-refractivity contribution in [3.63, 3.8) is 0 Å². The minimum Gasteiger partial charge on any atom is -0.469 e. The summed E-state index contributed by atoms with van der Waals surface area (Å²) in [4.78, 5) is 11.2. The highest BCUT2D eigenvalue weighted by atomic mass is 19.1. The second kappa shape index (κ2) is 5.61. The van der Waals surface area contributed by atoms with Gasteiger partial charge in [-0.3, -0.25) is 4.79 Å². The molecule has 0 fully saturated rings. The van der Waals surface area contributed by atoms with Crippen LogP contribution in [0.15, 0.2) is 18.2 Å². The van der Waals surface area contributed by atoms with Crippen molar-refractivity contribution in [2.24, 2.45) is 5.73 Å². The Balaban J connectivity index is 2.95. The smallest absolute Gasteiger partial charge is 0.306 e. The van der Waals surface area contributed by atoms with Gasteiger partial charge in [-0.2, -0.15) is 0 Å². The number of methoxy groups -OCH3 is 1. The molecule has 0 aliphatic heterocycles. The van der Waals surface area contributed by atoms with E-state index in [0.717, 1.165) is 0 Å². The number of halogens is 1. The molecule has 0 heterocycles. The molecule has 0 saturated heterocycles. The van der Waals surface area contributed by atoms with E-state index in [1.54, 1.807) is 25.1 Å². The lowest BCUT2D eigenvalue weighted by Crippen LogP contribution is -2.18. The normalized spacial score (nSPS) is 12.2. The summed E-state index contributed by atoms with van der Waals surface area (Å²) in [6.07, 6.45) is 0.105. The summed E-state index contributed by atoms with van der Waals surface area (Å²) in [5.74, 6) is -0.995. The maximum Gasteiger partial charge on any atom is 0.306 e. The molecule has 1 aromatic carbocycles. The van der Waals surface area contributed by atoms with Crippen molar-refractivity contribution >= 4 is 5.97 Å². The Morgan fingerprint density at radius 1 is 1.56 bits per heavy atom. The summed E-state index contributed by atoms with van der Waals surface area (Å²) in [7, 11) is 1.31. The Morgan fingerprint density at radius 2 is 2.25 bits per heavy atom. The SMILES string of the molecule is COC(=O)CC(CN)c1cccc(C)c1F. The first-order chi connectivity index (χ1) is 7.60. The number of ether oxygens (including phenoxy) is 1. The van der Waals surface area contributed by atoms with Crippen LogP contribution in [0.1, 0.15) is 23.5 Å². The Kier molecular flexibility index (Phi) is 4.43. The Bertz CT molecular complexity index is 379. The van der Waals surface area contributed by atoms with Crippen LogP contribution in [0.3, 0.4) is 0 Å². The molecule has 0 amide bonds. The highest BCUT2D eigenvalue weighted by Gasteiger charge is 2.19. The van der Waals surface area contributed by atoms with Crippen LogP contribution in [-0.2, 0) is 9.53 Å². The molecule has 3 nitrogen and oxygen atoms in total. The average Bonchev–Trinajstić information content (AvgIpc) is 2.29. The van der Waals surface area contributed by atoms with E-state index < -0.39 is 0 Å². The maximum atomic E-state index is 13.8. The first-order valence-electron chi connectivity index (χ1n) is 5.12. The lowest BCUT2D eigenvalue weighted by atomic mass is 9.94. The summed E-state index contributed by atoms with van der Waals surface area (Å²) in [6, 6.07) is 5.10. The van der Waals surface area contributed by atoms with Crippen LogP contribution in [0.2, 0.25) is 0 Å². The lowest BCUT2D eigenvalue weighted by Gasteiger charge is -2.15. The van der Waals surface area contributed by atoms with Crippen molar-refractivity contribution in [1.29, 1.82) is 0 Å². The number of esters is 1. The molecule has 0 aliphatic rings. The number of nitrogens with two attached hydrogens (primary N) is 1. The number of carbonyl (C=O) groups is 1. The Morgan fingerprint density at radius 3 is 2.81 bits per heavy atom. The Labute approximate surface area is 94.4 Å². The van der Waals surface area contributed by atoms with Gasteiger partial charge in [0.1, 0.15) is 5.82 Å². The molecule has 0 aliphatic carbocycles. The zero-order valence-electron chi connectivity index (χ0n) is 9.50. The van der Waals surface area contributed by atoms with Crippen LogP contribution in [-0.4, -0.2) is 19.6 Å². The third-order valence-electron chi connectivity index (χ3n) is 2.59. The predicted molar refractivity (Wildman–Crippen MR) is 59.6 cm³/mol. The second-order valence-corrected chi connectivity index (χ2v) is 3.69. The van der Waals surface area contributed by atoms with Gasteiger partial charge in [-0.05, 0) is 24.6 Å². The molecule has 88 valence electrons. The zero-order chi connectivity index (χ0) is 12.1. The summed E-state index contributed by atoms with van der Waals surface area (Å²) in [5.41, 5.74) is 6.59. The maximum absolute atomic E-state index is 13.8. The summed E-state index contributed by atoms with van der Waals surface area (Å²) < 4.78 is 18.3. The Hall–Kier alpha value is -1.42. The van der Waals surface area contributed by atoms with E-state index in [1.807, 2.05) is 0 Å². The minimum atomic E-state index is -0.378. The average molecular weight is 225 g/mol. The molecule has 4 heteroatoms. The van der Waals surface area contributed by atoms with Gasteiger partial charge in [-0.1, -0.05) is 18.2 Å². The van der Waals surface area contributed by atoms with Gasteiger partial charge in [0, 0.05) is 5.92 Å². The van der Waals surface area contributed by atoms with E-state index in [-0.39, 0.29) is 30.7 Å². The lowest BCUT2D eigenvalue weighted by molar-refractivity contribution is -0.141.